The molecule has 4 nitrogen and oxygen atoms in total. The van der Waals surface area contributed by atoms with Crippen LogP contribution < -0.4 is 4.74 Å². The summed E-state index contributed by atoms with van der Waals surface area (Å²) in [5.74, 6) is 0.837. The molecule has 0 aliphatic heterocycles. The average Bonchev–Trinajstić information content (AvgIpc) is 2.94. The maximum absolute atomic E-state index is 10.3. The van der Waals surface area contributed by atoms with Gasteiger partial charge in [-0.25, -0.2) is 0 Å². The lowest BCUT2D eigenvalue weighted by Gasteiger charge is -2.10. The van der Waals surface area contributed by atoms with E-state index in [9.17, 15) is 5.11 Å². The van der Waals surface area contributed by atoms with Crippen molar-refractivity contribution in [1.29, 1.82) is 0 Å². The third-order valence-electron chi connectivity index (χ3n) is 3.09. The second-order valence-electron chi connectivity index (χ2n) is 4.86. The largest absolute Gasteiger partial charge is 0.494 e. The predicted molar refractivity (Wildman–Crippen MR) is 78.8 cm³/mol. The molecule has 0 spiro atoms. The van der Waals surface area contributed by atoms with Gasteiger partial charge in [-0.1, -0.05) is 26.0 Å². The number of ether oxygens (including phenoxy) is 1. The lowest BCUT2D eigenvalue weighted by atomic mass is 10.0. The highest BCUT2D eigenvalue weighted by Crippen LogP contribution is 2.23. The van der Waals surface area contributed by atoms with Gasteiger partial charge in [0, 0.05) is 18.3 Å². The van der Waals surface area contributed by atoms with Crippen LogP contribution in [0.2, 0.25) is 0 Å². The molecule has 0 fully saturated rings. The summed E-state index contributed by atoms with van der Waals surface area (Å²) < 4.78 is 7.39. The Morgan fingerprint density at radius 2 is 1.90 bits per heavy atom. The minimum absolute atomic E-state index is 0.638. The molecule has 0 aliphatic carbocycles. The van der Waals surface area contributed by atoms with Crippen molar-refractivity contribution < 1.29 is 9.84 Å². The van der Waals surface area contributed by atoms with Gasteiger partial charge in [-0.05, 0) is 30.5 Å². The van der Waals surface area contributed by atoms with Crippen LogP contribution in [0.25, 0.3) is 0 Å². The maximum atomic E-state index is 10.3. The Morgan fingerprint density at radius 3 is 2.55 bits per heavy atom. The number of aliphatic hydroxyl groups is 1. The van der Waals surface area contributed by atoms with Crippen LogP contribution in [0.15, 0.2) is 36.7 Å². The molecule has 1 atom stereocenters. The first-order valence-electron chi connectivity index (χ1n) is 7.17. The first-order valence-corrected chi connectivity index (χ1v) is 7.17. The molecule has 1 N–H and O–H groups in total. The van der Waals surface area contributed by atoms with Crippen molar-refractivity contribution in [2.75, 3.05) is 6.61 Å². The van der Waals surface area contributed by atoms with E-state index in [2.05, 4.69) is 18.9 Å². The lowest BCUT2D eigenvalue weighted by Crippen LogP contribution is -2.00. The minimum atomic E-state index is -0.638. The minimum Gasteiger partial charge on any atom is -0.494 e. The van der Waals surface area contributed by atoms with Crippen molar-refractivity contribution >= 4 is 0 Å². The average molecular weight is 274 g/mol. The molecule has 1 aromatic carbocycles. The second-order valence-corrected chi connectivity index (χ2v) is 4.86. The van der Waals surface area contributed by atoms with E-state index in [0.717, 1.165) is 36.3 Å². The van der Waals surface area contributed by atoms with E-state index in [1.807, 2.05) is 35.1 Å². The first-order chi connectivity index (χ1) is 9.74. The number of aliphatic hydroxyl groups excluding tert-OH is 1. The smallest absolute Gasteiger partial charge is 0.119 e. The van der Waals surface area contributed by atoms with Crippen molar-refractivity contribution in [1.82, 2.24) is 9.78 Å². The molecule has 1 heterocycles. The zero-order valence-corrected chi connectivity index (χ0v) is 12.1. The highest BCUT2D eigenvalue weighted by Gasteiger charge is 2.12. The molecule has 1 unspecified atom stereocenters. The van der Waals surface area contributed by atoms with E-state index in [4.69, 9.17) is 4.74 Å². The normalized spacial score (nSPS) is 12.3. The number of aryl methyl sites for hydroxylation is 1. The topological polar surface area (TPSA) is 47.3 Å². The number of rotatable bonds is 7. The number of nitrogens with zero attached hydrogens (tertiary/aromatic N) is 2. The maximum Gasteiger partial charge on any atom is 0.119 e. The highest BCUT2D eigenvalue weighted by atomic mass is 16.5. The van der Waals surface area contributed by atoms with Crippen LogP contribution in [-0.2, 0) is 6.54 Å². The van der Waals surface area contributed by atoms with Gasteiger partial charge >= 0.3 is 0 Å². The van der Waals surface area contributed by atoms with Crippen LogP contribution in [0.4, 0.5) is 0 Å². The van der Waals surface area contributed by atoms with Gasteiger partial charge in [0.2, 0.25) is 0 Å². The van der Waals surface area contributed by atoms with E-state index in [1.54, 1.807) is 6.20 Å². The summed E-state index contributed by atoms with van der Waals surface area (Å²) in [5.41, 5.74) is 1.67. The Balaban J connectivity index is 2.05. The molecule has 0 saturated carbocycles. The summed E-state index contributed by atoms with van der Waals surface area (Å²) in [6, 6.07) is 7.58. The molecule has 1 aromatic heterocycles. The summed E-state index contributed by atoms with van der Waals surface area (Å²) in [7, 11) is 0. The highest BCUT2D eigenvalue weighted by molar-refractivity contribution is 5.32. The Hall–Kier alpha value is -1.81. The second kappa shape index (κ2) is 7.10. The Morgan fingerprint density at radius 1 is 1.15 bits per heavy atom. The fraction of sp³-hybridized carbons (Fsp3) is 0.438. The summed E-state index contributed by atoms with van der Waals surface area (Å²) >= 11 is 0. The van der Waals surface area contributed by atoms with E-state index in [1.165, 1.54) is 0 Å². The lowest BCUT2D eigenvalue weighted by molar-refractivity contribution is 0.220. The van der Waals surface area contributed by atoms with E-state index >= 15 is 0 Å². The number of benzene rings is 1. The van der Waals surface area contributed by atoms with Crippen LogP contribution in [0.1, 0.15) is 43.9 Å². The van der Waals surface area contributed by atoms with Gasteiger partial charge < -0.3 is 9.84 Å². The van der Waals surface area contributed by atoms with Gasteiger partial charge in [-0.3, -0.25) is 4.68 Å². The monoisotopic (exact) mass is 274 g/mol. The van der Waals surface area contributed by atoms with Gasteiger partial charge in [0.1, 0.15) is 11.9 Å². The fourth-order valence-electron chi connectivity index (χ4n) is 2.03. The molecule has 2 aromatic rings. The fourth-order valence-corrected chi connectivity index (χ4v) is 2.03. The van der Waals surface area contributed by atoms with E-state index < -0.39 is 6.10 Å². The van der Waals surface area contributed by atoms with Crippen LogP contribution in [0.5, 0.6) is 5.75 Å². The van der Waals surface area contributed by atoms with Crippen LogP contribution >= 0.6 is 0 Å². The van der Waals surface area contributed by atoms with Gasteiger partial charge in [-0.15, -0.1) is 0 Å². The Bertz CT molecular complexity index is 520. The first kappa shape index (κ1) is 14.6. The summed E-state index contributed by atoms with van der Waals surface area (Å²) in [4.78, 5) is 0. The molecule has 108 valence electrons. The molecular weight excluding hydrogens is 252 g/mol. The van der Waals surface area contributed by atoms with Crippen molar-refractivity contribution in [3.63, 3.8) is 0 Å². The van der Waals surface area contributed by atoms with Gasteiger partial charge in [0.05, 0.1) is 12.8 Å². The zero-order chi connectivity index (χ0) is 14.4. The van der Waals surface area contributed by atoms with Crippen molar-refractivity contribution in [2.45, 2.75) is 39.3 Å². The predicted octanol–water partition coefficient (Wildman–Crippen LogP) is 3.16. The standard InChI is InChI=1S/C16H22N2O2/c1-3-9-18-12-14(11-17-18)16(19)13-5-7-15(8-6-13)20-10-4-2/h5-8,11-12,16,19H,3-4,9-10H2,1-2H3. The number of hydrogen-bond donors (Lipinski definition) is 1. The molecule has 0 bridgehead atoms. The van der Waals surface area contributed by atoms with Gasteiger partial charge in [0.25, 0.3) is 0 Å². The quantitative estimate of drug-likeness (QED) is 0.843. The Labute approximate surface area is 120 Å². The van der Waals surface area contributed by atoms with E-state index in [-0.39, 0.29) is 0 Å². The van der Waals surface area contributed by atoms with Crippen molar-refractivity contribution in [3.8, 4) is 5.75 Å². The van der Waals surface area contributed by atoms with Crippen molar-refractivity contribution in [3.05, 3.63) is 47.8 Å². The van der Waals surface area contributed by atoms with Crippen LogP contribution in [0.3, 0.4) is 0 Å². The van der Waals surface area contributed by atoms with Gasteiger partial charge in [0.15, 0.2) is 0 Å². The molecule has 20 heavy (non-hydrogen) atoms. The van der Waals surface area contributed by atoms with Crippen LogP contribution in [0, 0.1) is 0 Å². The SMILES string of the molecule is CCCOc1ccc(C(O)c2cnn(CCC)c2)cc1. The summed E-state index contributed by atoms with van der Waals surface area (Å²) in [6.07, 6.45) is 5.00. The Kier molecular flexibility index (Phi) is 5.18. The molecule has 0 radical (unpaired) electrons. The number of aromatic nitrogens is 2. The third-order valence-corrected chi connectivity index (χ3v) is 3.09. The molecule has 0 amide bonds. The molecule has 0 saturated heterocycles. The summed E-state index contributed by atoms with van der Waals surface area (Å²) in [5, 5.41) is 14.6. The summed E-state index contributed by atoms with van der Waals surface area (Å²) in [6.45, 7) is 5.76. The molecular formula is C16H22N2O2. The number of hydrogen-bond acceptors (Lipinski definition) is 3. The molecule has 2 rings (SSSR count). The van der Waals surface area contributed by atoms with Crippen molar-refractivity contribution in [2.24, 2.45) is 0 Å². The third kappa shape index (κ3) is 3.61. The van der Waals surface area contributed by atoms with Gasteiger partial charge in [-0.2, -0.15) is 5.10 Å². The molecule has 4 heteroatoms. The van der Waals surface area contributed by atoms with Crippen LogP contribution in [-0.4, -0.2) is 21.5 Å². The van der Waals surface area contributed by atoms with E-state index in [0.29, 0.717) is 6.61 Å². The zero-order valence-electron chi connectivity index (χ0n) is 12.1. The molecule has 0 aliphatic rings.